The van der Waals surface area contributed by atoms with Gasteiger partial charge in [-0.1, -0.05) is 33.3 Å². The zero-order valence-electron chi connectivity index (χ0n) is 14.9. The van der Waals surface area contributed by atoms with Gasteiger partial charge in [-0.3, -0.25) is 9.59 Å². The minimum Gasteiger partial charge on any atom is -0.299 e. The van der Waals surface area contributed by atoms with Gasteiger partial charge in [-0.05, 0) is 67.8 Å². The summed E-state index contributed by atoms with van der Waals surface area (Å²) in [6.45, 7) is 11.4. The highest BCUT2D eigenvalue weighted by atomic mass is 16.1. The molecule has 0 amide bonds. The van der Waals surface area contributed by atoms with E-state index in [1.165, 1.54) is 18.4 Å². The van der Waals surface area contributed by atoms with E-state index in [0.717, 1.165) is 32.0 Å². The van der Waals surface area contributed by atoms with Crippen LogP contribution in [-0.2, 0) is 9.59 Å². The predicted molar refractivity (Wildman–Crippen MR) is 90.6 cm³/mol. The van der Waals surface area contributed by atoms with E-state index in [-0.39, 0.29) is 16.7 Å². The molecule has 0 radical (unpaired) electrons. The van der Waals surface area contributed by atoms with E-state index in [4.69, 9.17) is 0 Å². The van der Waals surface area contributed by atoms with Crippen molar-refractivity contribution in [3.8, 4) is 0 Å². The third-order valence-electron chi connectivity index (χ3n) is 7.40. The normalized spacial score (nSPS) is 42.9. The monoisotopic (exact) mass is 304 g/mol. The Bertz CT molecular complexity index is 478. The molecule has 2 rings (SSSR count). The van der Waals surface area contributed by atoms with Crippen molar-refractivity contribution >= 4 is 12.1 Å². The molecule has 22 heavy (non-hydrogen) atoms. The second kappa shape index (κ2) is 6.29. The maximum absolute atomic E-state index is 12.3. The fourth-order valence-electron chi connectivity index (χ4n) is 5.26. The number of carbonyl (C=O) groups is 2. The topological polar surface area (TPSA) is 34.1 Å². The maximum atomic E-state index is 12.3. The number of fused-ring (bicyclic) bond motifs is 1. The Balaban J connectivity index is 2.26. The number of hydrogen-bond donors (Lipinski definition) is 0. The Morgan fingerprint density at radius 3 is 2.59 bits per heavy atom. The minimum absolute atomic E-state index is 0.166. The molecule has 2 fully saturated rings. The fraction of sp³-hybridized carbons (Fsp3) is 0.800. The third-order valence-corrected chi connectivity index (χ3v) is 7.40. The van der Waals surface area contributed by atoms with Crippen LogP contribution < -0.4 is 0 Å². The van der Waals surface area contributed by atoms with E-state index in [9.17, 15) is 9.59 Å². The van der Waals surface area contributed by atoms with Crippen LogP contribution in [-0.4, -0.2) is 12.1 Å². The van der Waals surface area contributed by atoms with Gasteiger partial charge in [0.1, 0.15) is 12.1 Å². The zero-order chi connectivity index (χ0) is 16.5. The van der Waals surface area contributed by atoms with E-state index in [0.29, 0.717) is 17.6 Å². The van der Waals surface area contributed by atoms with Crippen molar-refractivity contribution in [1.82, 2.24) is 0 Å². The van der Waals surface area contributed by atoms with Crippen LogP contribution in [0.2, 0.25) is 0 Å². The molecular weight excluding hydrogens is 272 g/mol. The Labute approximate surface area is 135 Å². The van der Waals surface area contributed by atoms with Crippen molar-refractivity contribution < 1.29 is 9.59 Å². The molecule has 0 N–H and O–H groups in total. The quantitative estimate of drug-likeness (QED) is 0.543. The zero-order valence-corrected chi connectivity index (χ0v) is 14.9. The predicted octanol–water partition coefficient (Wildman–Crippen LogP) is 4.97. The highest BCUT2D eigenvalue weighted by Crippen LogP contribution is 2.62. The summed E-state index contributed by atoms with van der Waals surface area (Å²) in [7, 11) is 0. The van der Waals surface area contributed by atoms with Gasteiger partial charge in [-0.25, -0.2) is 0 Å². The number of ketones is 1. The molecular formula is C20H32O2. The largest absolute Gasteiger partial charge is 0.299 e. The Morgan fingerprint density at radius 1 is 1.27 bits per heavy atom. The number of carbonyl (C=O) groups excluding carboxylic acids is 2. The lowest BCUT2D eigenvalue weighted by Crippen LogP contribution is -2.54. The number of Topliss-reactive ketones (excluding diaryl/α,β-unsaturated/α-hetero) is 1. The molecule has 2 nitrogen and oxygen atoms in total. The SMILES string of the molecule is C/C(=C/C=O)CC[C@]1(C)[C@H]2CCC(=O)[C@@H](C)[C@]2(C)CC[C@H]1C. The van der Waals surface area contributed by atoms with Crippen molar-refractivity contribution in [2.45, 2.75) is 73.1 Å². The average molecular weight is 304 g/mol. The highest BCUT2D eigenvalue weighted by molar-refractivity contribution is 5.82. The van der Waals surface area contributed by atoms with Crippen LogP contribution in [0.4, 0.5) is 0 Å². The van der Waals surface area contributed by atoms with Crippen molar-refractivity contribution in [3.63, 3.8) is 0 Å². The minimum atomic E-state index is 0.166. The summed E-state index contributed by atoms with van der Waals surface area (Å²) in [6, 6.07) is 0. The maximum Gasteiger partial charge on any atom is 0.142 e. The number of aldehydes is 1. The molecule has 5 atom stereocenters. The lowest BCUT2D eigenvalue weighted by molar-refractivity contribution is -0.148. The first-order valence-corrected chi connectivity index (χ1v) is 8.89. The fourth-order valence-corrected chi connectivity index (χ4v) is 5.26. The van der Waals surface area contributed by atoms with Crippen molar-refractivity contribution in [2.24, 2.45) is 28.6 Å². The summed E-state index contributed by atoms with van der Waals surface area (Å²) >= 11 is 0. The number of allylic oxidation sites excluding steroid dienone is 2. The molecule has 0 aromatic carbocycles. The van der Waals surface area contributed by atoms with Crippen molar-refractivity contribution in [1.29, 1.82) is 0 Å². The second-order valence-electron chi connectivity index (χ2n) is 8.38. The lowest BCUT2D eigenvalue weighted by atomic mass is 9.44. The summed E-state index contributed by atoms with van der Waals surface area (Å²) in [4.78, 5) is 22.9. The molecule has 2 aliphatic carbocycles. The molecule has 0 unspecified atom stereocenters. The van der Waals surface area contributed by atoms with Gasteiger partial charge in [0.25, 0.3) is 0 Å². The summed E-state index contributed by atoms with van der Waals surface area (Å²) in [5, 5.41) is 0. The Morgan fingerprint density at radius 2 is 1.95 bits per heavy atom. The van der Waals surface area contributed by atoms with Crippen molar-refractivity contribution in [2.75, 3.05) is 0 Å². The molecule has 0 spiro atoms. The third kappa shape index (κ3) is 2.81. The van der Waals surface area contributed by atoms with Gasteiger partial charge < -0.3 is 0 Å². The van der Waals surface area contributed by atoms with E-state index < -0.39 is 0 Å². The van der Waals surface area contributed by atoms with E-state index in [1.807, 2.05) is 0 Å². The molecule has 0 saturated heterocycles. The first-order valence-electron chi connectivity index (χ1n) is 8.89. The summed E-state index contributed by atoms with van der Waals surface area (Å²) < 4.78 is 0. The Kier molecular flexibility index (Phi) is 4.99. The van der Waals surface area contributed by atoms with Gasteiger partial charge in [-0.2, -0.15) is 0 Å². The van der Waals surface area contributed by atoms with Gasteiger partial charge in [0.15, 0.2) is 0 Å². The molecule has 0 aromatic rings. The van der Waals surface area contributed by atoms with Crippen LogP contribution in [0, 0.1) is 28.6 Å². The van der Waals surface area contributed by atoms with E-state index in [1.54, 1.807) is 6.08 Å². The standard InChI is InChI=1S/C20H32O2/c1-14(10-13-21)8-11-19(4)15(2)9-12-20(5)16(3)17(22)6-7-18(19)20/h10,13,15-16,18H,6-9,11-12H2,1-5H3/b14-10-/t15-,16-,18-,19+,20+/m1/s1. The van der Waals surface area contributed by atoms with Crippen LogP contribution in [0.5, 0.6) is 0 Å². The summed E-state index contributed by atoms with van der Waals surface area (Å²) in [5.74, 6) is 1.98. The van der Waals surface area contributed by atoms with Crippen molar-refractivity contribution in [3.05, 3.63) is 11.6 Å². The number of rotatable bonds is 4. The highest BCUT2D eigenvalue weighted by Gasteiger charge is 2.56. The molecule has 2 aliphatic rings. The van der Waals surface area contributed by atoms with E-state index >= 15 is 0 Å². The van der Waals surface area contributed by atoms with Gasteiger partial charge in [0, 0.05) is 12.3 Å². The summed E-state index contributed by atoms with van der Waals surface area (Å²) in [6.07, 6.45) is 8.93. The van der Waals surface area contributed by atoms with Gasteiger partial charge in [0.05, 0.1) is 0 Å². The van der Waals surface area contributed by atoms with Gasteiger partial charge in [0.2, 0.25) is 0 Å². The van der Waals surface area contributed by atoms with Crippen LogP contribution in [0.3, 0.4) is 0 Å². The van der Waals surface area contributed by atoms with Gasteiger partial charge >= 0.3 is 0 Å². The number of hydrogen-bond acceptors (Lipinski definition) is 2. The summed E-state index contributed by atoms with van der Waals surface area (Å²) in [5.41, 5.74) is 1.62. The van der Waals surface area contributed by atoms with Crippen LogP contribution in [0.15, 0.2) is 11.6 Å². The van der Waals surface area contributed by atoms with E-state index in [2.05, 4.69) is 34.6 Å². The van der Waals surface area contributed by atoms with Crippen LogP contribution in [0.1, 0.15) is 73.1 Å². The van der Waals surface area contributed by atoms with Crippen LogP contribution in [0.25, 0.3) is 0 Å². The first-order chi connectivity index (χ1) is 10.3. The molecule has 0 aromatic heterocycles. The lowest BCUT2D eigenvalue weighted by Gasteiger charge is -2.59. The average Bonchev–Trinajstić information content (AvgIpc) is 2.47. The second-order valence-corrected chi connectivity index (χ2v) is 8.38. The van der Waals surface area contributed by atoms with Gasteiger partial charge in [-0.15, -0.1) is 0 Å². The molecule has 0 heterocycles. The smallest absolute Gasteiger partial charge is 0.142 e. The molecule has 0 aliphatic heterocycles. The molecule has 2 heteroatoms. The molecule has 0 bridgehead atoms. The molecule has 124 valence electrons. The molecule has 2 saturated carbocycles. The van der Waals surface area contributed by atoms with Crippen LogP contribution >= 0.6 is 0 Å². The Hall–Kier alpha value is -0.920. The first kappa shape index (κ1) is 17.4.